The van der Waals surface area contributed by atoms with Crippen molar-refractivity contribution in [1.29, 1.82) is 0 Å². The first kappa shape index (κ1) is 21.5. The monoisotopic (exact) mass is 451 g/mol. The zero-order valence-corrected chi connectivity index (χ0v) is 19.0. The Morgan fingerprint density at radius 2 is 1.71 bits per heavy atom. The number of rotatable bonds is 6. The second kappa shape index (κ2) is 8.90. The van der Waals surface area contributed by atoms with Crippen molar-refractivity contribution in [3.05, 3.63) is 112 Å². The summed E-state index contributed by atoms with van der Waals surface area (Å²) in [4.78, 5) is 29.1. The SMILES string of the molecule is COc1ccc(C(CNC(=O)c2cc(=O)n(C)c3ccccc23)c2c[nH]c3ccccc23)cc1. The van der Waals surface area contributed by atoms with Crippen LogP contribution in [0.15, 0.2) is 89.9 Å². The highest BCUT2D eigenvalue weighted by atomic mass is 16.5. The Kier molecular flexibility index (Phi) is 5.64. The molecule has 1 unspecified atom stereocenters. The van der Waals surface area contributed by atoms with Crippen LogP contribution in [0.3, 0.4) is 0 Å². The topological polar surface area (TPSA) is 76.1 Å². The minimum atomic E-state index is -0.271. The van der Waals surface area contributed by atoms with Gasteiger partial charge in [-0.3, -0.25) is 9.59 Å². The maximum atomic E-state index is 13.3. The summed E-state index contributed by atoms with van der Waals surface area (Å²) in [6.07, 6.45) is 2.00. The molecule has 0 aliphatic heterocycles. The van der Waals surface area contributed by atoms with Gasteiger partial charge < -0.3 is 19.6 Å². The van der Waals surface area contributed by atoms with Crippen molar-refractivity contribution in [2.75, 3.05) is 13.7 Å². The highest BCUT2D eigenvalue weighted by molar-refractivity contribution is 6.06. The zero-order valence-electron chi connectivity index (χ0n) is 19.0. The van der Waals surface area contributed by atoms with Gasteiger partial charge in [0, 0.05) is 48.1 Å². The number of aryl methyl sites for hydroxylation is 1. The second-order valence-electron chi connectivity index (χ2n) is 8.30. The molecule has 5 rings (SSSR count). The van der Waals surface area contributed by atoms with Gasteiger partial charge in [0.25, 0.3) is 11.5 Å². The Labute approximate surface area is 196 Å². The summed E-state index contributed by atoms with van der Waals surface area (Å²) in [5.41, 5.74) is 4.08. The van der Waals surface area contributed by atoms with Crippen LogP contribution < -0.4 is 15.6 Å². The molecule has 0 fully saturated rings. The molecular weight excluding hydrogens is 426 g/mol. The van der Waals surface area contributed by atoms with Gasteiger partial charge in [-0.15, -0.1) is 0 Å². The maximum Gasteiger partial charge on any atom is 0.252 e. The van der Waals surface area contributed by atoms with Crippen LogP contribution in [0.4, 0.5) is 0 Å². The van der Waals surface area contributed by atoms with E-state index in [0.717, 1.165) is 38.7 Å². The van der Waals surface area contributed by atoms with Crippen LogP contribution >= 0.6 is 0 Å². The van der Waals surface area contributed by atoms with Crippen molar-refractivity contribution < 1.29 is 9.53 Å². The van der Waals surface area contributed by atoms with Gasteiger partial charge in [-0.1, -0.05) is 48.5 Å². The van der Waals surface area contributed by atoms with E-state index < -0.39 is 0 Å². The number of fused-ring (bicyclic) bond motifs is 2. The predicted octanol–water partition coefficient (Wildman–Crippen LogP) is 4.59. The average Bonchev–Trinajstić information content (AvgIpc) is 3.30. The van der Waals surface area contributed by atoms with Crippen molar-refractivity contribution in [1.82, 2.24) is 14.9 Å². The van der Waals surface area contributed by atoms with E-state index in [4.69, 9.17) is 4.74 Å². The van der Waals surface area contributed by atoms with Crippen molar-refractivity contribution in [3.8, 4) is 5.75 Å². The Bertz CT molecular complexity index is 1550. The fourth-order valence-electron chi connectivity index (χ4n) is 4.51. The molecule has 5 aromatic rings. The highest BCUT2D eigenvalue weighted by Crippen LogP contribution is 2.31. The van der Waals surface area contributed by atoms with E-state index in [1.807, 2.05) is 72.9 Å². The van der Waals surface area contributed by atoms with E-state index in [1.54, 1.807) is 18.7 Å². The first-order chi connectivity index (χ1) is 16.6. The van der Waals surface area contributed by atoms with Crippen LogP contribution in [0.2, 0.25) is 0 Å². The third-order valence-electron chi connectivity index (χ3n) is 6.38. The van der Waals surface area contributed by atoms with Gasteiger partial charge in [0.2, 0.25) is 0 Å². The number of para-hydroxylation sites is 2. The van der Waals surface area contributed by atoms with Crippen LogP contribution in [-0.4, -0.2) is 29.1 Å². The number of hydrogen-bond acceptors (Lipinski definition) is 3. The molecule has 0 aliphatic rings. The van der Waals surface area contributed by atoms with Gasteiger partial charge in [0.15, 0.2) is 0 Å². The molecule has 6 heteroatoms. The molecule has 0 radical (unpaired) electrons. The fraction of sp³-hybridized carbons (Fsp3) is 0.143. The number of methoxy groups -OCH3 is 1. The standard InChI is InChI=1S/C28H25N3O3/c1-31-26-10-6-4-8-21(26)22(15-27(31)32)28(33)30-16-23(18-11-13-19(34-2)14-12-18)24-17-29-25-9-5-3-7-20(24)25/h3-15,17,23,29H,16H2,1-2H3,(H,30,33). The number of benzene rings is 3. The lowest BCUT2D eigenvalue weighted by Gasteiger charge is -2.19. The Morgan fingerprint density at radius 1 is 1.00 bits per heavy atom. The Hall–Kier alpha value is -4.32. The molecule has 0 aliphatic carbocycles. The number of nitrogens with one attached hydrogen (secondary N) is 2. The molecule has 34 heavy (non-hydrogen) atoms. The molecule has 0 saturated heterocycles. The third-order valence-corrected chi connectivity index (χ3v) is 6.38. The average molecular weight is 452 g/mol. The lowest BCUT2D eigenvalue weighted by Crippen LogP contribution is -2.30. The Morgan fingerprint density at radius 3 is 2.47 bits per heavy atom. The van der Waals surface area contributed by atoms with Gasteiger partial charge in [0.05, 0.1) is 18.2 Å². The van der Waals surface area contributed by atoms with Crippen LogP contribution in [0.5, 0.6) is 5.75 Å². The lowest BCUT2D eigenvalue weighted by molar-refractivity contribution is 0.0954. The highest BCUT2D eigenvalue weighted by Gasteiger charge is 2.21. The zero-order chi connectivity index (χ0) is 23.7. The number of amides is 1. The molecule has 2 heterocycles. The van der Waals surface area contributed by atoms with Gasteiger partial charge in [0.1, 0.15) is 5.75 Å². The van der Waals surface area contributed by atoms with Gasteiger partial charge >= 0.3 is 0 Å². The number of hydrogen-bond donors (Lipinski definition) is 2. The van der Waals surface area contributed by atoms with E-state index in [2.05, 4.69) is 16.4 Å². The summed E-state index contributed by atoms with van der Waals surface area (Å²) in [5.74, 6) is 0.410. The summed E-state index contributed by atoms with van der Waals surface area (Å²) < 4.78 is 6.87. The van der Waals surface area contributed by atoms with E-state index in [0.29, 0.717) is 12.1 Å². The number of carbonyl (C=O) groups excluding carboxylic acids is 1. The van der Waals surface area contributed by atoms with Crippen molar-refractivity contribution in [2.24, 2.45) is 7.05 Å². The number of aromatic nitrogens is 2. The normalized spacial score (nSPS) is 12.1. The summed E-state index contributed by atoms with van der Waals surface area (Å²) >= 11 is 0. The molecule has 1 atom stereocenters. The molecule has 2 N–H and O–H groups in total. The fourth-order valence-corrected chi connectivity index (χ4v) is 4.51. The van der Waals surface area contributed by atoms with E-state index >= 15 is 0 Å². The second-order valence-corrected chi connectivity index (χ2v) is 8.30. The smallest absolute Gasteiger partial charge is 0.252 e. The molecule has 0 spiro atoms. The molecule has 170 valence electrons. The van der Waals surface area contributed by atoms with E-state index in [9.17, 15) is 9.59 Å². The molecule has 0 saturated carbocycles. The predicted molar refractivity (Wildman–Crippen MR) is 135 cm³/mol. The summed E-state index contributed by atoms with van der Waals surface area (Å²) in [6.45, 7) is 0.372. The molecule has 1 amide bonds. The number of nitrogens with zero attached hydrogens (tertiary/aromatic N) is 1. The molecule has 3 aromatic carbocycles. The Balaban J connectivity index is 1.51. The van der Waals surface area contributed by atoms with Crippen LogP contribution in [0, 0.1) is 0 Å². The molecule has 2 aromatic heterocycles. The number of carbonyl (C=O) groups is 1. The minimum Gasteiger partial charge on any atom is -0.497 e. The lowest BCUT2D eigenvalue weighted by atomic mass is 9.90. The minimum absolute atomic E-state index is 0.0937. The summed E-state index contributed by atoms with van der Waals surface area (Å²) in [7, 11) is 3.35. The van der Waals surface area contributed by atoms with Gasteiger partial charge in [-0.05, 0) is 35.4 Å². The molecule has 6 nitrogen and oxygen atoms in total. The van der Waals surface area contributed by atoms with E-state index in [1.165, 1.54) is 6.07 Å². The first-order valence-corrected chi connectivity index (χ1v) is 11.1. The number of aromatic amines is 1. The first-order valence-electron chi connectivity index (χ1n) is 11.1. The van der Waals surface area contributed by atoms with Crippen molar-refractivity contribution in [3.63, 3.8) is 0 Å². The molecule has 0 bridgehead atoms. The van der Waals surface area contributed by atoms with Gasteiger partial charge in [-0.25, -0.2) is 0 Å². The van der Waals surface area contributed by atoms with Crippen LogP contribution in [0.25, 0.3) is 21.8 Å². The van der Waals surface area contributed by atoms with Crippen LogP contribution in [-0.2, 0) is 7.05 Å². The van der Waals surface area contributed by atoms with Crippen LogP contribution in [0.1, 0.15) is 27.4 Å². The quantitative estimate of drug-likeness (QED) is 0.396. The largest absolute Gasteiger partial charge is 0.497 e. The van der Waals surface area contributed by atoms with Gasteiger partial charge in [-0.2, -0.15) is 0 Å². The number of ether oxygens (including phenoxy) is 1. The number of pyridine rings is 1. The number of H-pyrrole nitrogens is 1. The third kappa shape index (κ3) is 3.83. The molecular formula is C28H25N3O3. The summed E-state index contributed by atoms with van der Waals surface area (Å²) in [5, 5.41) is 4.94. The maximum absolute atomic E-state index is 13.3. The van der Waals surface area contributed by atoms with Crippen molar-refractivity contribution >= 4 is 27.7 Å². The van der Waals surface area contributed by atoms with E-state index in [-0.39, 0.29) is 17.4 Å². The summed E-state index contributed by atoms with van der Waals surface area (Å²) in [6, 6.07) is 24.9. The van der Waals surface area contributed by atoms with Crippen molar-refractivity contribution in [2.45, 2.75) is 5.92 Å².